The molecule has 2 heteroatoms. The summed E-state index contributed by atoms with van der Waals surface area (Å²) in [4.78, 5) is 0. The third-order valence-corrected chi connectivity index (χ3v) is 3.21. The van der Waals surface area contributed by atoms with Crippen LogP contribution < -0.4 is 10.5 Å². The van der Waals surface area contributed by atoms with Crippen molar-refractivity contribution in [2.75, 3.05) is 13.7 Å². The van der Waals surface area contributed by atoms with Crippen LogP contribution in [0.5, 0.6) is 5.75 Å². The van der Waals surface area contributed by atoms with E-state index in [2.05, 4.69) is 26.0 Å². The second-order valence-corrected chi connectivity index (χ2v) is 4.38. The molecule has 0 spiro atoms. The highest BCUT2D eigenvalue weighted by atomic mass is 16.5. The number of rotatable bonds is 6. The van der Waals surface area contributed by atoms with Gasteiger partial charge in [0.25, 0.3) is 0 Å². The molecule has 90 valence electrons. The van der Waals surface area contributed by atoms with Crippen LogP contribution in [0.15, 0.2) is 24.3 Å². The highest BCUT2D eigenvalue weighted by molar-refractivity contribution is 5.31. The van der Waals surface area contributed by atoms with Crippen molar-refractivity contribution in [3.63, 3.8) is 0 Å². The summed E-state index contributed by atoms with van der Waals surface area (Å²) in [5.41, 5.74) is 7.18. The molecule has 2 unspecified atom stereocenters. The van der Waals surface area contributed by atoms with Crippen LogP contribution in [0.3, 0.4) is 0 Å². The van der Waals surface area contributed by atoms with E-state index in [0.29, 0.717) is 18.4 Å². The van der Waals surface area contributed by atoms with Crippen LogP contribution in [0.1, 0.15) is 38.2 Å². The van der Waals surface area contributed by atoms with E-state index in [1.54, 1.807) is 7.11 Å². The van der Waals surface area contributed by atoms with E-state index in [0.717, 1.165) is 5.75 Å². The van der Waals surface area contributed by atoms with Crippen LogP contribution in [0.2, 0.25) is 0 Å². The van der Waals surface area contributed by atoms with Gasteiger partial charge in [-0.1, -0.05) is 38.8 Å². The molecule has 0 bridgehead atoms. The van der Waals surface area contributed by atoms with E-state index in [1.807, 2.05) is 12.1 Å². The summed E-state index contributed by atoms with van der Waals surface area (Å²) in [5.74, 6) is 1.98. The largest absolute Gasteiger partial charge is 0.497 e. The molecule has 0 fully saturated rings. The first kappa shape index (κ1) is 13.0. The van der Waals surface area contributed by atoms with E-state index >= 15 is 0 Å². The zero-order valence-corrected chi connectivity index (χ0v) is 10.6. The number of benzene rings is 1. The van der Waals surface area contributed by atoms with E-state index in [4.69, 9.17) is 10.5 Å². The fraction of sp³-hybridized carbons (Fsp3) is 0.571. The SMILES string of the molecule is CCCC(C)C(CN)c1cccc(OC)c1. The molecule has 0 aliphatic carbocycles. The number of ether oxygens (including phenoxy) is 1. The Morgan fingerprint density at radius 3 is 2.69 bits per heavy atom. The first-order chi connectivity index (χ1) is 7.72. The maximum atomic E-state index is 5.89. The number of methoxy groups -OCH3 is 1. The molecule has 2 atom stereocenters. The van der Waals surface area contributed by atoms with Gasteiger partial charge in [-0.25, -0.2) is 0 Å². The van der Waals surface area contributed by atoms with Crippen molar-refractivity contribution in [3.05, 3.63) is 29.8 Å². The highest BCUT2D eigenvalue weighted by Crippen LogP contribution is 2.29. The summed E-state index contributed by atoms with van der Waals surface area (Å²) >= 11 is 0. The predicted octanol–water partition coefficient (Wildman–Crippen LogP) is 3.17. The average Bonchev–Trinajstić information content (AvgIpc) is 2.31. The quantitative estimate of drug-likeness (QED) is 0.800. The normalized spacial score (nSPS) is 14.5. The molecule has 0 aliphatic heterocycles. The van der Waals surface area contributed by atoms with Gasteiger partial charge in [-0.05, 0) is 36.1 Å². The minimum atomic E-state index is 0.440. The van der Waals surface area contributed by atoms with Gasteiger partial charge in [0.1, 0.15) is 5.75 Å². The Bertz CT molecular complexity index is 311. The zero-order chi connectivity index (χ0) is 12.0. The molecule has 0 amide bonds. The van der Waals surface area contributed by atoms with E-state index in [9.17, 15) is 0 Å². The third-order valence-electron chi connectivity index (χ3n) is 3.21. The van der Waals surface area contributed by atoms with Gasteiger partial charge in [-0.2, -0.15) is 0 Å². The highest BCUT2D eigenvalue weighted by Gasteiger charge is 2.17. The Morgan fingerprint density at radius 1 is 1.38 bits per heavy atom. The maximum absolute atomic E-state index is 5.89. The van der Waals surface area contributed by atoms with Crippen molar-refractivity contribution >= 4 is 0 Å². The standard InChI is InChI=1S/C14H23NO/c1-4-6-11(2)14(10-15)12-7-5-8-13(9-12)16-3/h5,7-9,11,14H,4,6,10,15H2,1-3H3. The summed E-state index contributed by atoms with van der Waals surface area (Å²) in [7, 11) is 1.70. The molecular formula is C14H23NO. The van der Waals surface area contributed by atoms with Gasteiger partial charge >= 0.3 is 0 Å². The van der Waals surface area contributed by atoms with Crippen molar-refractivity contribution in [2.24, 2.45) is 11.7 Å². The summed E-state index contributed by atoms with van der Waals surface area (Å²) in [6.45, 7) is 5.20. The molecule has 1 aromatic rings. The van der Waals surface area contributed by atoms with Gasteiger partial charge in [-0.15, -0.1) is 0 Å². The molecule has 0 saturated carbocycles. The van der Waals surface area contributed by atoms with Crippen LogP contribution in [0.4, 0.5) is 0 Å². The lowest BCUT2D eigenvalue weighted by molar-refractivity contribution is 0.407. The molecule has 0 aliphatic rings. The fourth-order valence-electron chi connectivity index (χ4n) is 2.23. The van der Waals surface area contributed by atoms with Crippen LogP contribution in [-0.2, 0) is 0 Å². The van der Waals surface area contributed by atoms with Crippen molar-refractivity contribution in [2.45, 2.75) is 32.6 Å². The smallest absolute Gasteiger partial charge is 0.119 e. The Balaban J connectivity index is 2.85. The van der Waals surface area contributed by atoms with Crippen LogP contribution in [0, 0.1) is 5.92 Å². The lowest BCUT2D eigenvalue weighted by Crippen LogP contribution is -2.19. The molecule has 1 aromatic carbocycles. The summed E-state index contributed by atoms with van der Waals surface area (Å²) in [5, 5.41) is 0. The van der Waals surface area contributed by atoms with Gasteiger partial charge in [0, 0.05) is 0 Å². The molecule has 0 saturated heterocycles. The van der Waals surface area contributed by atoms with Gasteiger partial charge in [0.15, 0.2) is 0 Å². The summed E-state index contributed by atoms with van der Waals surface area (Å²) in [6.07, 6.45) is 2.43. The fourth-order valence-corrected chi connectivity index (χ4v) is 2.23. The van der Waals surface area contributed by atoms with Crippen LogP contribution >= 0.6 is 0 Å². The van der Waals surface area contributed by atoms with Gasteiger partial charge in [-0.3, -0.25) is 0 Å². The zero-order valence-electron chi connectivity index (χ0n) is 10.6. The molecule has 2 N–H and O–H groups in total. The average molecular weight is 221 g/mol. The minimum absolute atomic E-state index is 0.440. The summed E-state index contributed by atoms with van der Waals surface area (Å²) < 4.78 is 5.25. The molecule has 2 nitrogen and oxygen atoms in total. The van der Waals surface area contributed by atoms with Crippen LogP contribution in [-0.4, -0.2) is 13.7 Å². The minimum Gasteiger partial charge on any atom is -0.497 e. The Labute approximate surface area is 98.8 Å². The number of nitrogens with two attached hydrogens (primary N) is 1. The Morgan fingerprint density at radius 2 is 2.12 bits per heavy atom. The lowest BCUT2D eigenvalue weighted by atomic mass is 9.84. The van der Waals surface area contributed by atoms with E-state index in [1.165, 1.54) is 18.4 Å². The van der Waals surface area contributed by atoms with Crippen molar-refractivity contribution in [1.82, 2.24) is 0 Å². The first-order valence-electron chi connectivity index (χ1n) is 6.06. The topological polar surface area (TPSA) is 35.2 Å². The molecule has 16 heavy (non-hydrogen) atoms. The van der Waals surface area contributed by atoms with Crippen LogP contribution in [0.25, 0.3) is 0 Å². The van der Waals surface area contributed by atoms with Crippen molar-refractivity contribution in [1.29, 1.82) is 0 Å². The van der Waals surface area contributed by atoms with Gasteiger partial charge in [0.05, 0.1) is 7.11 Å². The summed E-state index contributed by atoms with van der Waals surface area (Å²) in [6, 6.07) is 8.26. The third kappa shape index (κ3) is 3.24. The molecule has 0 heterocycles. The maximum Gasteiger partial charge on any atom is 0.119 e. The number of hydrogen-bond donors (Lipinski definition) is 1. The van der Waals surface area contributed by atoms with Gasteiger partial charge in [0.2, 0.25) is 0 Å². The molecule has 0 aromatic heterocycles. The molecule has 0 radical (unpaired) electrons. The van der Waals surface area contributed by atoms with Gasteiger partial charge < -0.3 is 10.5 Å². The monoisotopic (exact) mass is 221 g/mol. The predicted molar refractivity (Wildman–Crippen MR) is 68.9 cm³/mol. The second-order valence-electron chi connectivity index (χ2n) is 4.38. The van der Waals surface area contributed by atoms with E-state index in [-0.39, 0.29) is 0 Å². The Hall–Kier alpha value is -1.02. The molecule has 1 rings (SSSR count). The number of hydrogen-bond acceptors (Lipinski definition) is 2. The van der Waals surface area contributed by atoms with Crippen molar-refractivity contribution in [3.8, 4) is 5.75 Å². The lowest BCUT2D eigenvalue weighted by Gasteiger charge is -2.23. The Kier molecular flexibility index (Phi) is 5.33. The first-order valence-corrected chi connectivity index (χ1v) is 6.06. The van der Waals surface area contributed by atoms with E-state index < -0.39 is 0 Å². The molecular weight excluding hydrogens is 198 g/mol. The second kappa shape index (κ2) is 6.54. The van der Waals surface area contributed by atoms with Crippen molar-refractivity contribution < 1.29 is 4.74 Å².